The van der Waals surface area contributed by atoms with Crippen LogP contribution in [0.15, 0.2) is 88.7 Å². The fraction of sp³-hybridized carbons (Fsp3) is 0.182. The number of nitrogens with zero attached hydrogens (tertiary/aromatic N) is 1. The molecular weight excluding hydrogens is 374 g/mol. The molecule has 0 unspecified atom stereocenters. The average Bonchev–Trinajstić information content (AvgIpc) is 3.07. The van der Waals surface area contributed by atoms with E-state index in [1.165, 1.54) is 0 Å². The molecule has 1 aliphatic rings. The summed E-state index contributed by atoms with van der Waals surface area (Å²) in [5.74, 6) is 0.712. The molecular formula is C22H21NO2S2. The molecule has 3 aromatic rings. The lowest BCUT2D eigenvalue weighted by atomic mass is 10.1. The third-order valence-electron chi connectivity index (χ3n) is 4.78. The fourth-order valence-electron chi connectivity index (χ4n) is 3.42. The van der Waals surface area contributed by atoms with Crippen molar-refractivity contribution >= 4 is 27.5 Å². The van der Waals surface area contributed by atoms with Crippen LogP contribution >= 0.6 is 11.8 Å². The van der Waals surface area contributed by atoms with Crippen LogP contribution in [0.1, 0.15) is 11.1 Å². The second-order valence-corrected chi connectivity index (χ2v) is 9.63. The summed E-state index contributed by atoms with van der Waals surface area (Å²) in [7, 11) is -3.60. The number of rotatable bonds is 5. The van der Waals surface area contributed by atoms with Crippen molar-refractivity contribution in [2.45, 2.75) is 29.2 Å². The van der Waals surface area contributed by atoms with Crippen LogP contribution in [0.2, 0.25) is 0 Å². The first-order valence-corrected chi connectivity index (χ1v) is 11.3. The van der Waals surface area contributed by atoms with Crippen LogP contribution in [0.3, 0.4) is 0 Å². The Balaban J connectivity index is 1.68. The zero-order valence-electron chi connectivity index (χ0n) is 15.1. The maximum Gasteiger partial charge on any atom is 0.264 e. The minimum absolute atomic E-state index is 0.0982. The van der Waals surface area contributed by atoms with E-state index in [2.05, 4.69) is 12.1 Å². The first kappa shape index (κ1) is 18.1. The molecule has 3 aromatic carbocycles. The summed E-state index contributed by atoms with van der Waals surface area (Å²) in [5, 5.41) is 0. The summed E-state index contributed by atoms with van der Waals surface area (Å²) < 4.78 is 28.5. The normalized spacial score (nSPS) is 16.3. The van der Waals surface area contributed by atoms with Gasteiger partial charge in [-0.15, -0.1) is 11.8 Å². The highest BCUT2D eigenvalue weighted by Crippen LogP contribution is 2.38. The molecule has 1 atom stereocenters. The van der Waals surface area contributed by atoms with Crippen molar-refractivity contribution in [1.29, 1.82) is 0 Å². The molecule has 138 valence electrons. The zero-order chi connectivity index (χ0) is 18.9. The number of fused-ring (bicyclic) bond motifs is 1. The van der Waals surface area contributed by atoms with Crippen molar-refractivity contribution in [2.24, 2.45) is 0 Å². The molecule has 3 nitrogen and oxygen atoms in total. The van der Waals surface area contributed by atoms with Gasteiger partial charge in [0, 0.05) is 10.6 Å². The SMILES string of the molecule is Cc1ccc(S(=O)(=O)N2c3ccccc3C[C@@H]2CSc2ccccc2)cc1. The molecule has 0 saturated heterocycles. The Morgan fingerprint density at radius 1 is 0.926 bits per heavy atom. The van der Waals surface area contributed by atoms with E-state index in [0.717, 1.165) is 28.1 Å². The molecule has 0 fully saturated rings. The Morgan fingerprint density at radius 3 is 2.33 bits per heavy atom. The van der Waals surface area contributed by atoms with Crippen LogP contribution in [0.25, 0.3) is 0 Å². The van der Waals surface area contributed by atoms with Crippen LogP contribution < -0.4 is 4.31 Å². The minimum atomic E-state index is -3.60. The van der Waals surface area contributed by atoms with Crippen molar-refractivity contribution in [2.75, 3.05) is 10.1 Å². The van der Waals surface area contributed by atoms with Gasteiger partial charge in [0.05, 0.1) is 16.6 Å². The van der Waals surface area contributed by atoms with E-state index < -0.39 is 10.0 Å². The largest absolute Gasteiger partial charge is 0.264 e. The number of thioether (sulfide) groups is 1. The van der Waals surface area contributed by atoms with Gasteiger partial charge in [-0.1, -0.05) is 54.1 Å². The summed E-state index contributed by atoms with van der Waals surface area (Å²) in [6.07, 6.45) is 0.737. The van der Waals surface area contributed by atoms with E-state index in [4.69, 9.17) is 0 Å². The van der Waals surface area contributed by atoms with E-state index in [1.807, 2.05) is 61.5 Å². The number of hydrogen-bond acceptors (Lipinski definition) is 3. The van der Waals surface area contributed by atoms with Gasteiger partial charge in [0.25, 0.3) is 10.0 Å². The molecule has 0 saturated carbocycles. The summed E-state index contributed by atoms with van der Waals surface area (Å²) in [6, 6.07) is 24.9. The maximum atomic E-state index is 13.4. The molecule has 0 spiro atoms. The number of para-hydroxylation sites is 1. The Labute approximate surface area is 165 Å². The number of hydrogen-bond donors (Lipinski definition) is 0. The summed E-state index contributed by atoms with van der Waals surface area (Å²) in [5.41, 5.74) is 2.94. The predicted molar refractivity (Wildman–Crippen MR) is 112 cm³/mol. The van der Waals surface area contributed by atoms with Crippen molar-refractivity contribution in [3.63, 3.8) is 0 Å². The van der Waals surface area contributed by atoms with Gasteiger partial charge >= 0.3 is 0 Å². The number of anilines is 1. The van der Waals surface area contributed by atoms with Crippen LogP contribution in [0, 0.1) is 6.92 Å². The lowest BCUT2D eigenvalue weighted by Crippen LogP contribution is -2.39. The van der Waals surface area contributed by atoms with Gasteiger partial charge in [-0.05, 0) is 49.2 Å². The van der Waals surface area contributed by atoms with Gasteiger partial charge < -0.3 is 0 Å². The highest BCUT2D eigenvalue weighted by atomic mass is 32.2. The molecule has 0 radical (unpaired) electrons. The fourth-order valence-corrected chi connectivity index (χ4v) is 6.20. The molecule has 27 heavy (non-hydrogen) atoms. The van der Waals surface area contributed by atoms with Gasteiger partial charge in [0.2, 0.25) is 0 Å². The smallest absolute Gasteiger partial charge is 0.262 e. The number of benzene rings is 3. The van der Waals surface area contributed by atoms with Gasteiger partial charge in [-0.3, -0.25) is 4.31 Å². The van der Waals surface area contributed by atoms with Crippen LogP contribution in [-0.4, -0.2) is 20.2 Å². The van der Waals surface area contributed by atoms with Crippen molar-refractivity contribution < 1.29 is 8.42 Å². The molecule has 1 heterocycles. The van der Waals surface area contributed by atoms with E-state index in [1.54, 1.807) is 28.2 Å². The molecule has 5 heteroatoms. The van der Waals surface area contributed by atoms with Crippen molar-refractivity contribution in [1.82, 2.24) is 0 Å². The first-order chi connectivity index (χ1) is 13.1. The standard InChI is InChI=1S/C22H21NO2S2/c1-17-11-13-21(14-12-17)27(24,25)23-19(15-18-7-5-6-10-22(18)23)16-26-20-8-3-2-4-9-20/h2-14,19H,15-16H2,1H3/t19-/m1/s1. The quantitative estimate of drug-likeness (QED) is 0.576. The molecule has 0 N–H and O–H groups in total. The second-order valence-electron chi connectivity index (χ2n) is 6.72. The zero-order valence-corrected chi connectivity index (χ0v) is 16.7. The Bertz CT molecular complexity index is 1030. The van der Waals surface area contributed by atoms with Gasteiger partial charge in [0.1, 0.15) is 0 Å². The van der Waals surface area contributed by atoms with Gasteiger partial charge in [-0.2, -0.15) is 0 Å². The predicted octanol–water partition coefficient (Wildman–Crippen LogP) is 4.91. The van der Waals surface area contributed by atoms with E-state index >= 15 is 0 Å². The Kier molecular flexibility index (Phi) is 4.98. The average molecular weight is 396 g/mol. The minimum Gasteiger partial charge on any atom is -0.262 e. The lowest BCUT2D eigenvalue weighted by Gasteiger charge is -2.27. The molecule has 0 aromatic heterocycles. The van der Waals surface area contributed by atoms with Crippen LogP contribution in [-0.2, 0) is 16.4 Å². The second kappa shape index (κ2) is 7.41. The lowest BCUT2D eigenvalue weighted by molar-refractivity contribution is 0.585. The van der Waals surface area contributed by atoms with Crippen molar-refractivity contribution in [3.05, 3.63) is 90.0 Å². The first-order valence-electron chi connectivity index (χ1n) is 8.92. The number of aryl methyl sites for hydroxylation is 1. The molecule has 0 bridgehead atoms. The molecule has 1 aliphatic heterocycles. The topological polar surface area (TPSA) is 37.4 Å². The van der Waals surface area contributed by atoms with E-state index in [9.17, 15) is 8.42 Å². The Hall–Kier alpha value is -2.24. The highest BCUT2D eigenvalue weighted by Gasteiger charge is 2.38. The van der Waals surface area contributed by atoms with Gasteiger partial charge in [-0.25, -0.2) is 8.42 Å². The summed E-state index contributed by atoms with van der Waals surface area (Å²) >= 11 is 1.70. The summed E-state index contributed by atoms with van der Waals surface area (Å²) in [4.78, 5) is 1.50. The van der Waals surface area contributed by atoms with E-state index in [0.29, 0.717) is 10.6 Å². The maximum absolute atomic E-state index is 13.4. The van der Waals surface area contributed by atoms with Crippen LogP contribution in [0.4, 0.5) is 5.69 Å². The van der Waals surface area contributed by atoms with Crippen LogP contribution in [0.5, 0.6) is 0 Å². The Morgan fingerprint density at radius 2 is 1.59 bits per heavy atom. The third kappa shape index (κ3) is 3.62. The number of sulfonamides is 1. The molecule has 0 aliphatic carbocycles. The third-order valence-corrected chi connectivity index (χ3v) is 7.82. The molecule has 4 rings (SSSR count). The van der Waals surface area contributed by atoms with E-state index in [-0.39, 0.29) is 6.04 Å². The monoisotopic (exact) mass is 395 g/mol. The summed E-state index contributed by atoms with van der Waals surface area (Å²) in [6.45, 7) is 1.96. The molecule has 0 amide bonds. The highest BCUT2D eigenvalue weighted by molar-refractivity contribution is 7.99. The van der Waals surface area contributed by atoms with Crippen molar-refractivity contribution in [3.8, 4) is 0 Å². The van der Waals surface area contributed by atoms with Gasteiger partial charge in [0.15, 0.2) is 0 Å².